The maximum absolute atomic E-state index is 3.64. The summed E-state index contributed by atoms with van der Waals surface area (Å²) in [6.45, 7) is 3.28. The van der Waals surface area contributed by atoms with E-state index in [2.05, 4.69) is 41.5 Å². The SMILES string of the molecule is CCNC(CC1CCSCC1)c1cccs1. The summed E-state index contributed by atoms with van der Waals surface area (Å²) in [4.78, 5) is 1.51. The Morgan fingerprint density at radius 2 is 2.25 bits per heavy atom. The van der Waals surface area contributed by atoms with Crippen molar-refractivity contribution in [3.63, 3.8) is 0 Å². The van der Waals surface area contributed by atoms with Crippen molar-refractivity contribution in [1.29, 1.82) is 0 Å². The molecule has 1 aromatic heterocycles. The molecule has 2 heterocycles. The predicted octanol–water partition coefficient (Wildman–Crippen LogP) is 3.93. The van der Waals surface area contributed by atoms with Crippen LogP contribution in [0.5, 0.6) is 0 Å². The maximum Gasteiger partial charge on any atom is 0.0417 e. The standard InChI is InChI=1S/C13H21NS2/c1-2-14-12(13-4-3-7-16-13)10-11-5-8-15-9-6-11/h3-4,7,11-12,14H,2,5-6,8-10H2,1H3. The van der Waals surface area contributed by atoms with Crippen LogP contribution in [-0.4, -0.2) is 18.1 Å². The molecule has 0 amide bonds. The van der Waals surface area contributed by atoms with Crippen molar-refractivity contribution >= 4 is 23.1 Å². The molecule has 16 heavy (non-hydrogen) atoms. The quantitative estimate of drug-likeness (QED) is 0.855. The first kappa shape index (κ1) is 12.5. The molecule has 0 aliphatic carbocycles. The second kappa shape index (κ2) is 6.67. The van der Waals surface area contributed by atoms with Gasteiger partial charge in [-0.3, -0.25) is 0 Å². The molecule has 1 fully saturated rings. The van der Waals surface area contributed by atoms with E-state index in [9.17, 15) is 0 Å². The van der Waals surface area contributed by atoms with Gasteiger partial charge in [0.05, 0.1) is 0 Å². The van der Waals surface area contributed by atoms with Crippen molar-refractivity contribution < 1.29 is 0 Å². The smallest absolute Gasteiger partial charge is 0.0417 e. The Kier molecular flexibility index (Phi) is 5.20. The van der Waals surface area contributed by atoms with Crippen LogP contribution in [0.4, 0.5) is 0 Å². The van der Waals surface area contributed by atoms with Crippen molar-refractivity contribution in [3.05, 3.63) is 22.4 Å². The van der Waals surface area contributed by atoms with Crippen molar-refractivity contribution in [2.75, 3.05) is 18.1 Å². The zero-order chi connectivity index (χ0) is 11.2. The number of rotatable bonds is 5. The van der Waals surface area contributed by atoms with E-state index in [4.69, 9.17) is 0 Å². The van der Waals surface area contributed by atoms with Crippen molar-refractivity contribution in [3.8, 4) is 0 Å². The summed E-state index contributed by atoms with van der Waals surface area (Å²) < 4.78 is 0. The van der Waals surface area contributed by atoms with Crippen LogP contribution in [-0.2, 0) is 0 Å². The van der Waals surface area contributed by atoms with Gasteiger partial charge < -0.3 is 5.32 Å². The second-order valence-electron chi connectivity index (χ2n) is 4.42. The van der Waals surface area contributed by atoms with Crippen LogP contribution in [0.25, 0.3) is 0 Å². The third-order valence-corrected chi connectivity index (χ3v) is 5.28. The molecule has 3 heteroatoms. The fourth-order valence-corrected chi connectivity index (χ4v) is 4.37. The van der Waals surface area contributed by atoms with Gasteiger partial charge >= 0.3 is 0 Å². The van der Waals surface area contributed by atoms with Crippen LogP contribution >= 0.6 is 23.1 Å². The Morgan fingerprint density at radius 1 is 1.44 bits per heavy atom. The Morgan fingerprint density at radius 3 is 2.88 bits per heavy atom. The minimum Gasteiger partial charge on any atom is -0.310 e. The molecule has 0 aromatic carbocycles. The number of thioether (sulfide) groups is 1. The molecule has 1 N–H and O–H groups in total. The molecule has 1 atom stereocenters. The summed E-state index contributed by atoms with van der Waals surface area (Å²) in [5.41, 5.74) is 0. The molecule has 0 saturated carbocycles. The van der Waals surface area contributed by atoms with Gasteiger partial charge in [-0.05, 0) is 54.7 Å². The molecule has 0 spiro atoms. The molecule has 1 nitrogen and oxygen atoms in total. The molecule has 2 rings (SSSR count). The number of hydrogen-bond acceptors (Lipinski definition) is 3. The first-order valence-electron chi connectivity index (χ1n) is 6.24. The summed E-state index contributed by atoms with van der Waals surface area (Å²) in [5.74, 6) is 3.68. The molecule has 1 aromatic rings. The lowest BCUT2D eigenvalue weighted by molar-refractivity contribution is 0.378. The Labute approximate surface area is 107 Å². The summed E-state index contributed by atoms with van der Waals surface area (Å²) in [5, 5.41) is 5.83. The van der Waals surface area contributed by atoms with Crippen molar-refractivity contribution in [2.24, 2.45) is 5.92 Å². The minimum atomic E-state index is 0.595. The molecular weight excluding hydrogens is 234 g/mol. The molecule has 0 bridgehead atoms. The highest BCUT2D eigenvalue weighted by molar-refractivity contribution is 7.99. The van der Waals surface area contributed by atoms with E-state index < -0.39 is 0 Å². The van der Waals surface area contributed by atoms with Crippen LogP contribution in [0, 0.1) is 5.92 Å². The van der Waals surface area contributed by atoms with Gasteiger partial charge in [0.15, 0.2) is 0 Å². The minimum absolute atomic E-state index is 0.595. The lowest BCUT2D eigenvalue weighted by Crippen LogP contribution is -2.24. The topological polar surface area (TPSA) is 12.0 Å². The normalized spacial score (nSPS) is 19.8. The van der Waals surface area contributed by atoms with E-state index in [0.717, 1.165) is 12.5 Å². The van der Waals surface area contributed by atoms with E-state index in [-0.39, 0.29) is 0 Å². The number of thiophene rings is 1. The van der Waals surface area contributed by atoms with E-state index in [1.807, 2.05) is 11.3 Å². The summed E-state index contributed by atoms with van der Waals surface area (Å²) in [6.07, 6.45) is 4.16. The van der Waals surface area contributed by atoms with Crippen LogP contribution in [0.2, 0.25) is 0 Å². The van der Waals surface area contributed by atoms with Crippen molar-refractivity contribution in [1.82, 2.24) is 5.32 Å². The zero-order valence-corrected chi connectivity index (χ0v) is 11.6. The van der Waals surface area contributed by atoms with Crippen LogP contribution in [0.3, 0.4) is 0 Å². The monoisotopic (exact) mass is 255 g/mol. The highest BCUT2D eigenvalue weighted by Gasteiger charge is 2.20. The van der Waals surface area contributed by atoms with Gasteiger partial charge in [-0.2, -0.15) is 11.8 Å². The van der Waals surface area contributed by atoms with Crippen LogP contribution in [0.15, 0.2) is 17.5 Å². The Bertz CT molecular complexity index is 278. The summed E-state index contributed by atoms with van der Waals surface area (Å²) in [7, 11) is 0. The van der Waals surface area contributed by atoms with Crippen LogP contribution in [0.1, 0.15) is 37.1 Å². The molecule has 1 aliphatic heterocycles. The van der Waals surface area contributed by atoms with Gasteiger partial charge in [-0.1, -0.05) is 13.0 Å². The zero-order valence-electron chi connectivity index (χ0n) is 9.95. The van der Waals surface area contributed by atoms with E-state index in [1.54, 1.807) is 0 Å². The number of hydrogen-bond donors (Lipinski definition) is 1. The molecular formula is C13H21NS2. The molecule has 1 unspecified atom stereocenters. The fraction of sp³-hybridized carbons (Fsp3) is 0.692. The number of nitrogens with one attached hydrogen (secondary N) is 1. The van der Waals surface area contributed by atoms with Crippen molar-refractivity contribution in [2.45, 2.75) is 32.2 Å². The van der Waals surface area contributed by atoms with Gasteiger partial charge in [0, 0.05) is 10.9 Å². The lowest BCUT2D eigenvalue weighted by Gasteiger charge is -2.26. The van der Waals surface area contributed by atoms with E-state index >= 15 is 0 Å². The largest absolute Gasteiger partial charge is 0.310 e. The average Bonchev–Trinajstić information content (AvgIpc) is 2.83. The van der Waals surface area contributed by atoms with Crippen LogP contribution < -0.4 is 5.32 Å². The molecule has 1 aliphatic rings. The van der Waals surface area contributed by atoms with E-state index in [0.29, 0.717) is 6.04 Å². The Hall–Kier alpha value is 0.01000. The van der Waals surface area contributed by atoms with E-state index in [1.165, 1.54) is 35.6 Å². The fourth-order valence-electron chi connectivity index (χ4n) is 2.35. The third-order valence-electron chi connectivity index (χ3n) is 3.25. The highest BCUT2D eigenvalue weighted by atomic mass is 32.2. The average molecular weight is 255 g/mol. The third kappa shape index (κ3) is 3.51. The Balaban J connectivity index is 1.91. The molecule has 90 valence electrons. The predicted molar refractivity (Wildman–Crippen MR) is 75.4 cm³/mol. The van der Waals surface area contributed by atoms with Gasteiger partial charge in [0.1, 0.15) is 0 Å². The van der Waals surface area contributed by atoms with Gasteiger partial charge in [0.2, 0.25) is 0 Å². The first-order chi connectivity index (χ1) is 7.90. The maximum atomic E-state index is 3.64. The molecule has 1 saturated heterocycles. The first-order valence-corrected chi connectivity index (χ1v) is 8.28. The van der Waals surface area contributed by atoms with Gasteiger partial charge in [-0.25, -0.2) is 0 Å². The lowest BCUT2D eigenvalue weighted by atomic mass is 9.93. The second-order valence-corrected chi connectivity index (χ2v) is 6.62. The summed E-state index contributed by atoms with van der Waals surface area (Å²) in [6, 6.07) is 5.04. The highest BCUT2D eigenvalue weighted by Crippen LogP contribution is 2.32. The molecule has 0 radical (unpaired) electrons. The van der Waals surface area contributed by atoms with Gasteiger partial charge in [-0.15, -0.1) is 11.3 Å². The summed E-state index contributed by atoms with van der Waals surface area (Å²) >= 11 is 4.01. The van der Waals surface area contributed by atoms with Gasteiger partial charge in [0.25, 0.3) is 0 Å².